The van der Waals surface area contributed by atoms with Crippen molar-refractivity contribution in [1.82, 2.24) is 19.7 Å². The maximum absolute atomic E-state index is 12.3. The number of para-hydroxylation sites is 1. The third-order valence-corrected chi connectivity index (χ3v) is 4.66. The van der Waals surface area contributed by atoms with Crippen LogP contribution in [0.1, 0.15) is 38.1 Å². The summed E-state index contributed by atoms with van der Waals surface area (Å²) in [7, 11) is 0. The molecule has 0 radical (unpaired) electrons. The second-order valence-electron chi connectivity index (χ2n) is 6.22. The van der Waals surface area contributed by atoms with E-state index in [2.05, 4.69) is 19.7 Å². The van der Waals surface area contributed by atoms with E-state index >= 15 is 0 Å². The molecule has 24 heavy (non-hydrogen) atoms. The van der Waals surface area contributed by atoms with Gasteiger partial charge in [0.05, 0.1) is 0 Å². The fourth-order valence-electron chi connectivity index (χ4n) is 3.48. The number of nitrogens with zero attached hydrogens (tertiary/aromatic N) is 4. The molecule has 0 aliphatic heterocycles. The van der Waals surface area contributed by atoms with Crippen molar-refractivity contribution in [3.05, 3.63) is 48.7 Å². The predicted octanol–water partition coefficient (Wildman–Crippen LogP) is 3.59. The van der Waals surface area contributed by atoms with Crippen LogP contribution in [0.25, 0.3) is 22.9 Å². The van der Waals surface area contributed by atoms with Crippen LogP contribution in [0, 0.1) is 0 Å². The lowest BCUT2D eigenvalue weighted by atomic mass is 9.94. The van der Waals surface area contributed by atoms with Crippen LogP contribution in [0.4, 0.5) is 0 Å². The molecule has 1 aliphatic rings. The monoisotopic (exact) mass is 319 g/mol. The minimum Gasteiger partial charge on any atom is -0.872 e. The van der Waals surface area contributed by atoms with Crippen LogP contribution in [-0.2, 0) is 0 Å². The molecule has 5 nitrogen and oxygen atoms in total. The van der Waals surface area contributed by atoms with Gasteiger partial charge >= 0.3 is 0 Å². The van der Waals surface area contributed by atoms with Crippen molar-refractivity contribution >= 4 is 0 Å². The Hall–Kier alpha value is -2.69. The quantitative estimate of drug-likeness (QED) is 0.740. The van der Waals surface area contributed by atoms with Gasteiger partial charge in [-0.2, -0.15) is 0 Å². The van der Waals surface area contributed by atoms with E-state index in [1.807, 2.05) is 30.3 Å². The summed E-state index contributed by atoms with van der Waals surface area (Å²) in [6, 6.07) is 13.1. The lowest BCUT2D eigenvalue weighted by molar-refractivity contribution is -0.267. The average molecular weight is 319 g/mol. The SMILES string of the molecule is [O-]c1ccccc1-c1nnc(-c2ccccn2)n1C1CCCCC1. The molecule has 0 bridgehead atoms. The first-order valence-corrected chi connectivity index (χ1v) is 8.47. The fraction of sp³-hybridized carbons (Fsp3) is 0.316. The second-order valence-corrected chi connectivity index (χ2v) is 6.22. The first-order valence-electron chi connectivity index (χ1n) is 8.47. The molecule has 0 amide bonds. The molecule has 1 saturated carbocycles. The summed E-state index contributed by atoms with van der Waals surface area (Å²) < 4.78 is 2.14. The molecule has 0 atom stereocenters. The zero-order valence-electron chi connectivity index (χ0n) is 13.4. The Labute approximate surface area is 141 Å². The standard InChI is InChI=1S/C19H20N4O/c24-17-12-5-4-10-15(17)18-21-22-19(16-11-6-7-13-20-16)23(18)14-8-2-1-3-9-14/h4-7,10-14,24H,1-3,8-9H2/p-1. The summed E-state index contributed by atoms with van der Waals surface area (Å²) in [5.41, 5.74) is 1.41. The first-order chi connectivity index (χ1) is 11.8. The normalized spacial score (nSPS) is 15.5. The van der Waals surface area contributed by atoms with E-state index in [-0.39, 0.29) is 5.75 Å². The Morgan fingerprint density at radius 1 is 0.875 bits per heavy atom. The van der Waals surface area contributed by atoms with E-state index in [9.17, 15) is 5.11 Å². The van der Waals surface area contributed by atoms with Crippen molar-refractivity contribution in [1.29, 1.82) is 0 Å². The van der Waals surface area contributed by atoms with Crippen LogP contribution in [0.2, 0.25) is 0 Å². The summed E-state index contributed by atoms with van der Waals surface area (Å²) in [4.78, 5) is 4.43. The number of rotatable bonds is 3. The molecule has 1 aromatic carbocycles. The van der Waals surface area contributed by atoms with Crippen LogP contribution in [0.3, 0.4) is 0 Å². The zero-order chi connectivity index (χ0) is 16.4. The van der Waals surface area contributed by atoms with Gasteiger partial charge in [-0.1, -0.05) is 55.3 Å². The maximum Gasteiger partial charge on any atom is 0.183 e. The third-order valence-electron chi connectivity index (χ3n) is 4.66. The number of pyridine rings is 1. The highest BCUT2D eigenvalue weighted by molar-refractivity contribution is 5.66. The Balaban J connectivity index is 1.88. The van der Waals surface area contributed by atoms with Gasteiger partial charge < -0.3 is 9.67 Å². The summed E-state index contributed by atoms with van der Waals surface area (Å²) in [6.45, 7) is 0. The van der Waals surface area contributed by atoms with E-state index < -0.39 is 0 Å². The van der Waals surface area contributed by atoms with Gasteiger partial charge in [0.15, 0.2) is 11.6 Å². The zero-order valence-corrected chi connectivity index (χ0v) is 13.4. The van der Waals surface area contributed by atoms with Crippen molar-refractivity contribution in [2.24, 2.45) is 0 Å². The van der Waals surface area contributed by atoms with Crippen molar-refractivity contribution in [3.8, 4) is 28.7 Å². The third kappa shape index (κ3) is 2.66. The number of hydrogen-bond acceptors (Lipinski definition) is 4. The smallest absolute Gasteiger partial charge is 0.183 e. The Kier molecular flexibility index (Phi) is 3.99. The fourth-order valence-corrected chi connectivity index (χ4v) is 3.48. The Bertz CT molecular complexity index is 822. The maximum atomic E-state index is 12.3. The summed E-state index contributed by atoms with van der Waals surface area (Å²) in [5.74, 6) is 1.39. The second kappa shape index (κ2) is 6.43. The molecule has 4 rings (SSSR count). The molecular formula is C19H19N4O-. The van der Waals surface area contributed by atoms with Gasteiger partial charge in [0.2, 0.25) is 0 Å². The van der Waals surface area contributed by atoms with Crippen LogP contribution in [-0.4, -0.2) is 19.7 Å². The average Bonchev–Trinajstić information content (AvgIpc) is 3.08. The molecule has 1 fully saturated rings. The molecule has 0 saturated heterocycles. The molecule has 3 aromatic rings. The highest BCUT2D eigenvalue weighted by Gasteiger charge is 2.24. The first kappa shape index (κ1) is 14.9. The van der Waals surface area contributed by atoms with Crippen LogP contribution in [0.15, 0.2) is 48.7 Å². The van der Waals surface area contributed by atoms with Gasteiger partial charge in [-0.25, -0.2) is 0 Å². The highest BCUT2D eigenvalue weighted by atomic mass is 16.3. The molecule has 0 spiro atoms. The van der Waals surface area contributed by atoms with Crippen molar-refractivity contribution in [2.75, 3.05) is 0 Å². The minimum atomic E-state index is -0.0190. The number of aromatic nitrogens is 4. The van der Waals surface area contributed by atoms with Gasteiger partial charge in [-0.15, -0.1) is 10.2 Å². The van der Waals surface area contributed by atoms with Gasteiger partial charge in [0, 0.05) is 17.8 Å². The van der Waals surface area contributed by atoms with Crippen molar-refractivity contribution in [3.63, 3.8) is 0 Å². The largest absolute Gasteiger partial charge is 0.872 e. The summed E-state index contributed by atoms with van der Waals surface area (Å²) in [5, 5.41) is 21.1. The molecule has 0 unspecified atom stereocenters. The van der Waals surface area contributed by atoms with E-state index in [0.717, 1.165) is 24.4 Å². The molecule has 0 N–H and O–H groups in total. The van der Waals surface area contributed by atoms with Crippen molar-refractivity contribution in [2.45, 2.75) is 38.1 Å². The van der Waals surface area contributed by atoms with Gasteiger partial charge in [-0.05, 0) is 25.0 Å². The lowest BCUT2D eigenvalue weighted by Crippen LogP contribution is -2.16. The van der Waals surface area contributed by atoms with Gasteiger partial charge in [-0.3, -0.25) is 4.98 Å². The Morgan fingerprint density at radius 3 is 2.38 bits per heavy atom. The van der Waals surface area contributed by atoms with E-state index in [1.165, 1.54) is 19.3 Å². The summed E-state index contributed by atoms with van der Waals surface area (Å²) >= 11 is 0. The minimum absolute atomic E-state index is 0.0190. The lowest BCUT2D eigenvalue weighted by Gasteiger charge is -2.26. The molecule has 122 valence electrons. The molecule has 5 heteroatoms. The van der Waals surface area contributed by atoms with Crippen LogP contribution in [0.5, 0.6) is 5.75 Å². The molecule has 1 aliphatic carbocycles. The van der Waals surface area contributed by atoms with Crippen LogP contribution < -0.4 is 5.11 Å². The number of hydrogen-bond donors (Lipinski definition) is 0. The van der Waals surface area contributed by atoms with E-state index in [1.54, 1.807) is 18.3 Å². The van der Waals surface area contributed by atoms with E-state index in [0.29, 0.717) is 17.4 Å². The predicted molar refractivity (Wildman–Crippen MR) is 90.3 cm³/mol. The Morgan fingerprint density at radius 2 is 1.62 bits per heavy atom. The van der Waals surface area contributed by atoms with Gasteiger partial charge in [0.1, 0.15) is 5.69 Å². The van der Waals surface area contributed by atoms with E-state index in [4.69, 9.17) is 0 Å². The molecule has 2 heterocycles. The van der Waals surface area contributed by atoms with Gasteiger partial charge in [0.25, 0.3) is 0 Å². The number of benzene rings is 1. The molecule has 2 aromatic heterocycles. The molecular weight excluding hydrogens is 300 g/mol. The van der Waals surface area contributed by atoms with Crippen LogP contribution >= 0.6 is 0 Å². The topological polar surface area (TPSA) is 66.7 Å². The van der Waals surface area contributed by atoms with Crippen molar-refractivity contribution < 1.29 is 5.11 Å². The highest BCUT2D eigenvalue weighted by Crippen LogP contribution is 2.36. The summed E-state index contributed by atoms with van der Waals surface area (Å²) in [6.07, 6.45) is 7.60.